The Labute approximate surface area is 145 Å². The van der Waals surface area contributed by atoms with Gasteiger partial charge in [0.05, 0.1) is 11.0 Å². The fraction of sp³-hybridized carbons (Fsp3) is 0.263. The van der Waals surface area contributed by atoms with E-state index in [2.05, 4.69) is 15.3 Å². The molecule has 0 bridgehead atoms. The van der Waals surface area contributed by atoms with Gasteiger partial charge in [-0.3, -0.25) is 4.79 Å². The second-order valence-corrected chi connectivity index (χ2v) is 5.92. The third-order valence-electron chi connectivity index (χ3n) is 4.12. The summed E-state index contributed by atoms with van der Waals surface area (Å²) in [6, 6.07) is 13.2. The quantitative estimate of drug-likeness (QED) is 0.702. The zero-order chi connectivity index (χ0) is 17.1. The molecule has 0 unspecified atom stereocenters. The number of para-hydroxylation sites is 2. The number of nitrogens with zero attached hydrogens (tertiary/aromatic N) is 1. The third-order valence-corrected chi connectivity index (χ3v) is 4.12. The average Bonchev–Trinajstić information content (AvgIpc) is 3.07. The van der Waals surface area contributed by atoms with Gasteiger partial charge < -0.3 is 19.8 Å². The molecule has 0 atom stereocenters. The molecule has 0 aliphatic carbocycles. The van der Waals surface area contributed by atoms with E-state index in [1.165, 1.54) is 0 Å². The van der Waals surface area contributed by atoms with Crippen LogP contribution in [0.4, 0.5) is 0 Å². The number of aromatic nitrogens is 2. The van der Waals surface area contributed by atoms with Gasteiger partial charge in [0.25, 0.3) is 5.91 Å². The first-order valence-corrected chi connectivity index (χ1v) is 8.41. The van der Waals surface area contributed by atoms with Crippen molar-refractivity contribution < 1.29 is 14.3 Å². The van der Waals surface area contributed by atoms with Gasteiger partial charge in [0.2, 0.25) is 0 Å². The van der Waals surface area contributed by atoms with Crippen molar-refractivity contribution in [3.8, 4) is 11.5 Å². The highest BCUT2D eigenvalue weighted by Gasteiger charge is 2.14. The second kappa shape index (κ2) is 6.84. The Morgan fingerprint density at radius 3 is 2.84 bits per heavy atom. The van der Waals surface area contributed by atoms with Gasteiger partial charge in [0.15, 0.2) is 11.5 Å². The number of aromatic amines is 1. The largest absolute Gasteiger partial charge is 0.486 e. The number of benzene rings is 2. The van der Waals surface area contributed by atoms with Crippen LogP contribution in [0.5, 0.6) is 11.5 Å². The maximum absolute atomic E-state index is 12.3. The molecule has 4 rings (SSSR count). The lowest BCUT2D eigenvalue weighted by Crippen LogP contribution is -2.25. The van der Waals surface area contributed by atoms with Gasteiger partial charge >= 0.3 is 0 Å². The van der Waals surface area contributed by atoms with Crippen LogP contribution in [0.2, 0.25) is 0 Å². The number of fused-ring (bicyclic) bond motifs is 2. The fourth-order valence-corrected chi connectivity index (χ4v) is 2.87. The Balaban J connectivity index is 1.30. The predicted octanol–water partition coefficient (Wildman–Crippen LogP) is 2.70. The molecule has 1 aliphatic heterocycles. The molecule has 6 heteroatoms. The fourth-order valence-electron chi connectivity index (χ4n) is 2.87. The molecule has 3 aromatic rings. The lowest BCUT2D eigenvalue weighted by molar-refractivity contribution is 0.0952. The Hall–Kier alpha value is -3.02. The van der Waals surface area contributed by atoms with Crippen molar-refractivity contribution in [2.75, 3.05) is 19.8 Å². The molecule has 0 saturated carbocycles. The van der Waals surface area contributed by atoms with E-state index in [1.54, 1.807) is 18.2 Å². The van der Waals surface area contributed by atoms with Gasteiger partial charge in [-0.05, 0) is 36.8 Å². The molecule has 1 aliphatic rings. The Morgan fingerprint density at radius 1 is 1.12 bits per heavy atom. The molecule has 2 heterocycles. The minimum atomic E-state index is -0.110. The normalized spacial score (nSPS) is 13.0. The highest BCUT2D eigenvalue weighted by molar-refractivity contribution is 5.94. The van der Waals surface area contributed by atoms with E-state index in [-0.39, 0.29) is 5.91 Å². The van der Waals surface area contributed by atoms with Crippen molar-refractivity contribution in [2.24, 2.45) is 0 Å². The van der Waals surface area contributed by atoms with Crippen molar-refractivity contribution in [2.45, 2.75) is 12.8 Å². The van der Waals surface area contributed by atoms with Crippen LogP contribution in [0.1, 0.15) is 22.6 Å². The van der Waals surface area contributed by atoms with Crippen molar-refractivity contribution >= 4 is 16.9 Å². The summed E-state index contributed by atoms with van der Waals surface area (Å²) in [4.78, 5) is 20.1. The molecule has 1 amide bonds. The monoisotopic (exact) mass is 337 g/mol. The SMILES string of the molecule is O=C(NCCCc1nc2ccccc2[nH]1)c1ccc2c(c1)OCCO2. The molecule has 128 valence electrons. The number of imidazole rings is 1. The van der Waals surface area contributed by atoms with Gasteiger partial charge in [-0.2, -0.15) is 0 Å². The number of rotatable bonds is 5. The maximum Gasteiger partial charge on any atom is 0.251 e. The van der Waals surface area contributed by atoms with Crippen LogP contribution in [0.25, 0.3) is 11.0 Å². The summed E-state index contributed by atoms with van der Waals surface area (Å²) in [5.74, 6) is 2.14. The van der Waals surface area contributed by atoms with Crippen LogP contribution in [0.3, 0.4) is 0 Å². The smallest absolute Gasteiger partial charge is 0.251 e. The first kappa shape index (κ1) is 15.5. The van der Waals surface area contributed by atoms with Crippen molar-refractivity contribution in [1.29, 1.82) is 0 Å². The Kier molecular flexibility index (Phi) is 4.24. The number of amides is 1. The van der Waals surface area contributed by atoms with Crippen LogP contribution >= 0.6 is 0 Å². The summed E-state index contributed by atoms with van der Waals surface area (Å²) < 4.78 is 11.0. The van der Waals surface area contributed by atoms with Crippen molar-refractivity contribution in [3.05, 3.63) is 53.9 Å². The number of nitrogens with one attached hydrogen (secondary N) is 2. The molecule has 0 fully saturated rings. The lowest BCUT2D eigenvalue weighted by Gasteiger charge is -2.18. The van der Waals surface area contributed by atoms with E-state index in [0.717, 1.165) is 29.7 Å². The molecule has 0 radical (unpaired) electrons. The van der Waals surface area contributed by atoms with Crippen LogP contribution in [0, 0.1) is 0 Å². The first-order chi connectivity index (χ1) is 12.3. The number of hydrogen-bond donors (Lipinski definition) is 2. The summed E-state index contributed by atoms with van der Waals surface area (Å²) in [5.41, 5.74) is 2.59. The van der Waals surface area contributed by atoms with E-state index >= 15 is 0 Å². The molecule has 25 heavy (non-hydrogen) atoms. The van der Waals surface area contributed by atoms with Gasteiger partial charge in [0, 0.05) is 18.5 Å². The number of carbonyl (C=O) groups is 1. The Morgan fingerprint density at radius 2 is 1.96 bits per heavy atom. The summed E-state index contributed by atoms with van der Waals surface area (Å²) in [6.45, 7) is 1.64. The number of ether oxygens (including phenoxy) is 2. The van der Waals surface area contributed by atoms with Gasteiger partial charge in [-0.25, -0.2) is 4.98 Å². The molecular formula is C19H19N3O3. The minimum Gasteiger partial charge on any atom is -0.486 e. The van der Waals surface area contributed by atoms with E-state index in [0.29, 0.717) is 36.8 Å². The van der Waals surface area contributed by atoms with E-state index in [4.69, 9.17) is 9.47 Å². The van der Waals surface area contributed by atoms with Crippen LogP contribution in [-0.2, 0) is 6.42 Å². The van der Waals surface area contributed by atoms with E-state index in [9.17, 15) is 4.79 Å². The Bertz CT molecular complexity index is 871. The highest BCUT2D eigenvalue weighted by Crippen LogP contribution is 2.30. The molecule has 2 aromatic carbocycles. The van der Waals surface area contributed by atoms with Gasteiger partial charge in [-0.1, -0.05) is 12.1 Å². The first-order valence-electron chi connectivity index (χ1n) is 8.41. The van der Waals surface area contributed by atoms with Gasteiger partial charge in [0.1, 0.15) is 19.0 Å². The molecule has 0 spiro atoms. The topological polar surface area (TPSA) is 76.2 Å². The standard InChI is InChI=1S/C19H19N3O3/c23-19(13-7-8-16-17(12-13)25-11-10-24-16)20-9-3-6-18-21-14-4-1-2-5-15(14)22-18/h1-2,4-5,7-8,12H,3,6,9-11H2,(H,20,23)(H,21,22). The summed E-state index contributed by atoms with van der Waals surface area (Å²) >= 11 is 0. The van der Waals surface area contributed by atoms with E-state index < -0.39 is 0 Å². The molecule has 6 nitrogen and oxygen atoms in total. The maximum atomic E-state index is 12.3. The average molecular weight is 337 g/mol. The molecule has 1 aromatic heterocycles. The van der Waals surface area contributed by atoms with Crippen LogP contribution in [0.15, 0.2) is 42.5 Å². The predicted molar refractivity (Wildman–Crippen MR) is 94.2 cm³/mol. The summed E-state index contributed by atoms with van der Waals surface area (Å²) in [5, 5.41) is 2.93. The minimum absolute atomic E-state index is 0.110. The molecular weight excluding hydrogens is 318 g/mol. The number of hydrogen-bond acceptors (Lipinski definition) is 4. The third kappa shape index (κ3) is 3.42. The zero-order valence-corrected chi connectivity index (χ0v) is 13.7. The zero-order valence-electron chi connectivity index (χ0n) is 13.7. The van der Waals surface area contributed by atoms with E-state index in [1.807, 2.05) is 24.3 Å². The van der Waals surface area contributed by atoms with Gasteiger partial charge in [-0.15, -0.1) is 0 Å². The van der Waals surface area contributed by atoms with Crippen LogP contribution in [-0.4, -0.2) is 35.6 Å². The number of aryl methyl sites for hydroxylation is 1. The lowest BCUT2D eigenvalue weighted by atomic mass is 10.1. The molecule has 0 saturated heterocycles. The highest BCUT2D eigenvalue weighted by atomic mass is 16.6. The van der Waals surface area contributed by atoms with Crippen molar-refractivity contribution in [3.63, 3.8) is 0 Å². The number of H-pyrrole nitrogens is 1. The van der Waals surface area contributed by atoms with Crippen LogP contribution < -0.4 is 14.8 Å². The number of carbonyl (C=O) groups excluding carboxylic acids is 1. The second-order valence-electron chi connectivity index (χ2n) is 5.92. The summed E-state index contributed by atoms with van der Waals surface area (Å²) in [7, 11) is 0. The summed E-state index contributed by atoms with van der Waals surface area (Å²) in [6.07, 6.45) is 1.60. The molecule has 2 N–H and O–H groups in total. The van der Waals surface area contributed by atoms with Crippen molar-refractivity contribution in [1.82, 2.24) is 15.3 Å².